The summed E-state index contributed by atoms with van der Waals surface area (Å²) in [6.07, 6.45) is 1.74. The maximum atomic E-state index is 12.1. The number of likely N-dealkylation sites (tertiary alicyclic amines) is 1. The minimum Gasteiger partial charge on any atom is -0.444 e. The number of piperidine rings is 1. The van der Waals surface area contributed by atoms with E-state index in [-0.39, 0.29) is 12.1 Å². The smallest absolute Gasteiger partial charge is 0.407 e. The van der Waals surface area contributed by atoms with Gasteiger partial charge in [0.1, 0.15) is 5.60 Å². The van der Waals surface area contributed by atoms with Gasteiger partial charge in [-0.15, -0.1) is 0 Å². The van der Waals surface area contributed by atoms with E-state index in [4.69, 9.17) is 9.47 Å². The number of nitrogens with zero attached hydrogens (tertiary/aromatic N) is 2. The van der Waals surface area contributed by atoms with Crippen molar-refractivity contribution in [1.82, 2.24) is 10.2 Å². The summed E-state index contributed by atoms with van der Waals surface area (Å²) in [5, 5.41) is 3.04. The van der Waals surface area contributed by atoms with Crippen LogP contribution in [0.25, 0.3) is 0 Å². The summed E-state index contributed by atoms with van der Waals surface area (Å²) in [6.45, 7) is 11.8. The lowest BCUT2D eigenvalue weighted by molar-refractivity contribution is 0.0470. The van der Waals surface area contributed by atoms with E-state index in [0.29, 0.717) is 0 Å². The summed E-state index contributed by atoms with van der Waals surface area (Å²) in [7, 11) is 0. The highest BCUT2D eigenvalue weighted by molar-refractivity contribution is 9.10. The SMILES string of the molecule is CC(C)(C)OC(=O)N[C@H]1CCCN(Cc2ccc(Br)cc2N2CCOCC2)C1. The monoisotopic (exact) mass is 453 g/mol. The van der Waals surface area contributed by atoms with Gasteiger partial charge in [0, 0.05) is 42.4 Å². The molecule has 0 aliphatic carbocycles. The molecule has 2 heterocycles. The molecule has 0 saturated carbocycles. The molecule has 1 N–H and O–H groups in total. The first-order chi connectivity index (χ1) is 13.3. The van der Waals surface area contributed by atoms with E-state index in [1.54, 1.807) is 0 Å². The summed E-state index contributed by atoms with van der Waals surface area (Å²) < 4.78 is 12.0. The van der Waals surface area contributed by atoms with Gasteiger partial charge in [-0.2, -0.15) is 0 Å². The summed E-state index contributed by atoms with van der Waals surface area (Å²) in [5.41, 5.74) is 2.13. The summed E-state index contributed by atoms with van der Waals surface area (Å²) >= 11 is 3.62. The fourth-order valence-electron chi connectivity index (χ4n) is 3.80. The standard InChI is InChI=1S/C21H32BrN3O3/c1-21(2,3)28-20(26)23-18-5-4-8-24(15-18)14-16-6-7-17(22)13-19(16)25-9-11-27-12-10-25/h6-7,13,18H,4-5,8-12,14-15H2,1-3H3,(H,23,26)/t18-/m0/s1. The predicted molar refractivity (Wildman–Crippen MR) is 115 cm³/mol. The number of morpholine rings is 1. The zero-order chi connectivity index (χ0) is 20.1. The number of amides is 1. The molecule has 0 radical (unpaired) electrons. The molecular weight excluding hydrogens is 422 g/mol. The third-order valence-corrected chi connectivity index (χ3v) is 5.51. The predicted octanol–water partition coefficient (Wildman–Crippen LogP) is 3.77. The number of carbonyl (C=O) groups is 1. The first kappa shape index (κ1) is 21.4. The molecule has 156 valence electrons. The van der Waals surface area contributed by atoms with Gasteiger partial charge in [-0.3, -0.25) is 4.90 Å². The molecular formula is C21H32BrN3O3. The first-order valence-corrected chi connectivity index (χ1v) is 10.9. The molecule has 6 nitrogen and oxygen atoms in total. The molecule has 1 atom stereocenters. The molecule has 1 amide bonds. The van der Waals surface area contributed by atoms with Gasteiger partial charge >= 0.3 is 6.09 Å². The Morgan fingerprint density at radius 3 is 2.75 bits per heavy atom. The minimum atomic E-state index is -0.469. The Balaban J connectivity index is 1.62. The van der Waals surface area contributed by atoms with Crippen LogP contribution in [-0.4, -0.2) is 62.0 Å². The van der Waals surface area contributed by atoms with Crippen molar-refractivity contribution < 1.29 is 14.3 Å². The van der Waals surface area contributed by atoms with Crippen molar-refractivity contribution >= 4 is 27.7 Å². The maximum absolute atomic E-state index is 12.1. The number of ether oxygens (including phenoxy) is 2. The van der Waals surface area contributed by atoms with Crippen LogP contribution in [0.5, 0.6) is 0 Å². The molecule has 1 aromatic carbocycles. The van der Waals surface area contributed by atoms with E-state index in [9.17, 15) is 4.79 Å². The van der Waals surface area contributed by atoms with E-state index in [1.807, 2.05) is 20.8 Å². The van der Waals surface area contributed by atoms with Gasteiger partial charge in [0.05, 0.1) is 13.2 Å². The van der Waals surface area contributed by atoms with Crippen molar-refractivity contribution in [2.75, 3.05) is 44.3 Å². The van der Waals surface area contributed by atoms with Crippen LogP contribution >= 0.6 is 15.9 Å². The van der Waals surface area contributed by atoms with Gasteiger partial charge in [0.2, 0.25) is 0 Å². The van der Waals surface area contributed by atoms with Crippen LogP contribution in [-0.2, 0) is 16.0 Å². The van der Waals surface area contributed by atoms with Crippen molar-refractivity contribution in [3.63, 3.8) is 0 Å². The Kier molecular flexibility index (Phi) is 7.23. The number of hydrogen-bond acceptors (Lipinski definition) is 5. The second kappa shape index (κ2) is 9.46. The van der Waals surface area contributed by atoms with Crippen LogP contribution in [0.15, 0.2) is 22.7 Å². The molecule has 3 rings (SSSR count). The molecule has 0 unspecified atom stereocenters. The van der Waals surface area contributed by atoms with Gasteiger partial charge in [-0.1, -0.05) is 22.0 Å². The van der Waals surface area contributed by atoms with Crippen LogP contribution in [0.3, 0.4) is 0 Å². The van der Waals surface area contributed by atoms with E-state index < -0.39 is 5.60 Å². The zero-order valence-corrected chi connectivity index (χ0v) is 18.8. The number of nitrogens with one attached hydrogen (secondary N) is 1. The fraction of sp³-hybridized carbons (Fsp3) is 0.667. The maximum Gasteiger partial charge on any atom is 0.407 e. The minimum absolute atomic E-state index is 0.130. The zero-order valence-electron chi connectivity index (χ0n) is 17.2. The van der Waals surface area contributed by atoms with Crippen LogP contribution in [0, 0.1) is 0 Å². The molecule has 7 heteroatoms. The van der Waals surface area contributed by atoms with Crippen molar-refractivity contribution in [2.45, 2.75) is 51.8 Å². The highest BCUT2D eigenvalue weighted by Crippen LogP contribution is 2.28. The second-order valence-electron chi connectivity index (χ2n) is 8.59. The van der Waals surface area contributed by atoms with Gasteiger partial charge in [0.25, 0.3) is 0 Å². The molecule has 0 aromatic heterocycles. The lowest BCUT2D eigenvalue weighted by Gasteiger charge is -2.35. The number of rotatable bonds is 4. The topological polar surface area (TPSA) is 54.0 Å². The van der Waals surface area contributed by atoms with Crippen molar-refractivity contribution in [2.24, 2.45) is 0 Å². The Hall–Kier alpha value is -1.31. The lowest BCUT2D eigenvalue weighted by atomic mass is 10.0. The molecule has 2 aliphatic heterocycles. The van der Waals surface area contributed by atoms with Crippen molar-refractivity contribution in [3.05, 3.63) is 28.2 Å². The van der Waals surface area contributed by atoms with E-state index in [0.717, 1.165) is 63.3 Å². The van der Waals surface area contributed by atoms with E-state index in [1.165, 1.54) is 11.3 Å². The van der Waals surface area contributed by atoms with E-state index in [2.05, 4.69) is 49.2 Å². The molecule has 0 spiro atoms. The Morgan fingerprint density at radius 2 is 2.04 bits per heavy atom. The normalized spacial score (nSPS) is 21.4. The number of benzene rings is 1. The Labute approximate surface area is 176 Å². The average Bonchev–Trinajstić information content (AvgIpc) is 2.62. The van der Waals surface area contributed by atoms with Gasteiger partial charge in [0.15, 0.2) is 0 Å². The summed E-state index contributed by atoms with van der Waals surface area (Å²) in [4.78, 5) is 17.0. The van der Waals surface area contributed by atoms with Crippen LogP contribution in [0.1, 0.15) is 39.2 Å². The van der Waals surface area contributed by atoms with Crippen LogP contribution in [0.2, 0.25) is 0 Å². The number of alkyl carbamates (subject to hydrolysis) is 1. The molecule has 2 aliphatic rings. The van der Waals surface area contributed by atoms with Crippen LogP contribution < -0.4 is 10.2 Å². The molecule has 0 bridgehead atoms. The van der Waals surface area contributed by atoms with Crippen LogP contribution in [0.4, 0.5) is 10.5 Å². The number of anilines is 1. The fourth-order valence-corrected chi connectivity index (χ4v) is 4.15. The highest BCUT2D eigenvalue weighted by Gasteiger charge is 2.25. The number of carbonyl (C=O) groups excluding carboxylic acids is 1. The second-order valence-corrected chi connectivity index (χ2v) is 9.51. The largest absolute Gasteiger partial charge is 0.444 e. The molecule has 1 aromatic rings. The molecule has 28 heavy (non-hydrogen) atoms. The molecule has 2 saturated heterocycles. The third-order valence-electron chi connectivity index (χ3n) is 5.02. The summed E-state index contributed by atoms with van der Waals surface area (Å²) in [6, 6.07) is 6.66. The van der Waals surface area contributed by atoms with Gasteiger partial charge in [-0.25, -0.2) is 4.79 Å². The van der Waals surface area contributed by atoms with Crippen molar-refractivity contribution in [1.29, 1.82) is 0 Å². The third kappa shape index (κ3) is 6.36. The van der Waals surface area contributed by atoms with Gasteiger partial charge < -0.3 is 19.7 Å². The first-order valence-electron chi connectivity index (χ1n) is 10.1. The number of hydrogen-bond donors (Lipinski definition) is 1. The van der Waals surface area contributed by atoms with E-state index >= 15 is 0 Å². The number of halogens is 1. The van der Waals surface area contributed by atoms with Crippen molar-refractivity contribution in [3.8, 4) is 0 Å². The summed E-state index contributed by atoms with van der Waals surface area (Å²) in [5.74, 6) is 0. The molecule has 2 fully saturated rings. The highest BCUT2D eigenvalue weighted by atomic mass is 79.9. The average molecular weight is 454 g/mol. The lowest BCUT2D eigenvalue weighted by Crippen LogP contribution is -2.48. The Morgan fingerprint density at radius 1 is 1.29 bits per heavy atom. The quantitative estimate of drug-likeness (QED) is 0.751. The Bertz CT molecular complexity index is 671. The van der Waals surface area contributed by atoms with Gasteiger partial charge in [-0.05, 0) is 57.9 Å².